The maximum atomic E-state index is 13.7. The SMILES string of the molecule is Cc1onc(C(=O)N(C2CCCCC2)C2CCCCC2)c1Cn1cc(Cl)cn1. The number of amides is 1. The zero-order chi connectivity index (χ0) is 19.5. The average molecular weight is 405 g/mol. The summed E-state index contributed by atoms with van der Waals surface area (Å²) in [6, 6.07) is 0.654. The number of aryl methyl sites for hydroxylation is 1. The van der Waals surface area contributed by atoms with Crippen molar-refractivity contribution < 1.29 is 9.32 Å². The van der Waals surface area contributed by atoms with Crippen LogP contribution in [0.5, 0.6) is 0 Å². The Bertz CT molecular complexity index is 785. The molecule has 6 nitrogen and oxygen atoms in total. The second-order valence-corrected chi connectivity index (χ2v) is 8.65. The molecule has 2 aliphatic carbocycles. The van der Waals surface area contributed by atoms with E-state index >= 15 is 0 Å². The van der Waals surface area contributed by atoms with Crippen LogP contribution < -0.4 is 0 Å². The van der Waals surface area contributed by atoms with Gasteiger partial charge in [-0.25, -0.2) is 0 Å². The molecular formula is C21H29ClN4O2. The molecule has 0 saturated heterocycles. The van der Waals surface area contributed by atoms with Gasteiger partial charge >= 0.3 is 0 Å². The van der Waals surface area contributed by atoms with Gasteiger partial charge in [-0.1, -0.05) is 55.3 Å². The molecule has 2 aromatic heterocycles. The number of carbonyl (C=O) groups is 1. The highest BCUT2D eigenvalue weighted by Crippen LogP contribution is 2.32. The van der Waals surface area contributed by atoms with Crippen LogP contribution in [0, 0.1) is 6.92 Å². The molecule has 0 aromatic carbocycles. The average Bonchev–Trinajstić information content (AvgIpc) is 3.29. The van der Waals surface area contributed by atoms with E-state index in [2.05, 4.69) is 15.2 Å². The highest BCUT2D eigenvalue weighted by Gasteiger charge is 2.35. The van der Waals surface area contributed by atoms with Crippen molar-refractivity contribution in [3.63, 3.8) is 0 Å². The number of halogens is 1. The summed E-state index contributed by atoms with van der Waals surface area (Å²) in [6.07, 6.45) is 15.1. The Morgan fingerprint density at radius 1 is 1.14 bits per heavy atom. The van der Waals surface area contributed by atoms with Gasteiger partial charge in [-0.05, 0) is 32.6 Å². The largest absolute Gasteiger partial charge is 0.361 e. The quantitative estimate of drug-likeness (QED) is 0.704. The Hall–Kier alpha value is -1.82. The fraction of sp³-hybridized carbons (Fsp3) is 0.667. The van der Waals surface area contributed by atoms with Crippen molar-refractivity contribution in [1.82, 2.24) is 19.8 Å². The Balaban J connectivity index is 1.62. The van der Waals surface area contributed by atoms with E-state index < -0.39 is 0 Å². The lowest BCUT2D eigenvalue weighted by Crippen LogP contribution is -2.49. The van der Waals surface area contributed by atoms with Crippen LogP contribution in [0.2, 0.25) is 5.02 Å². The minimum atomic E-state index is 0.0314. The molecule has 1 amide bonds. The predicted octanol–water partition coefficient (Wildman–Crippen LogP) is 4.99. The minimum Gasteiger partial charge on any atom is -0.361 e. The molecule has 152 valence electrons. The van der Waals surface area contributed by atoms with Crippen molar-refractivity contribution in [3.05, 3.63) is 34.4 Å². The van der Waals surface area contributed by atoms with E-state index in [0.29, 0.717) is 35.1 Å². The first-order valence-electron chi connectivity index (χ1n) is 10.6. The Morgan fingerprint density at radius 3 is 2.29 bits per heavy atom. The lowest BCUT2D eigenvalue weighted by Gasteiger charge is -2.41. The predicted molar refractivity (Wildman–Crippen MR) is 107 cm³/mol. The van der Waals surface area contributed by atoms with Crippen molar-refractivity contribution in [2.24, 2.45) is 0 Å². The summed E-state index contributed by atoms with van der Waals surface area (Å²) in [5.74, 6) is 0.700. The Morgan fingerprint density at radius 2 is 1.75 bits per heavy atom. The van der Waals surface area contributed by atoms with E-state index in [0.717, 1.165) is 31.2 Å². The first-order valence-corrected chi connectivity index (χ1v) is 11.0. The van der Waals surface area contributed by atoms with Gasteiger partial charge in [0.2, 0.25) is 0 Å². The van der Waals surface area contributed by atoms with E-state index in [1.165, 1.54) is 38.5 Å². The summed E-state index contributed by atoms with van der Waals surface area (Å²) >= 11 is 6.00. The molecule has 2 heterocycles. The van der Waals surface area contributed by atoms with Gasteiger partial charge in [0, 0.05) is 23.8 Å². The standard InChI is InChI=1S/C21H29ClN4O2/c1-15-19(14-25-13-16(22)12-23-25)20(24-28-15)21(27)26(17-8-4-2-5-9-17)18-10-6-3-7-11-18/h12-13,17-18H,2-11,14H2,1H3. The van der Waals surface area contributed by atoms with Gasteiger partial charge in [0.25, 0.3) is 5.91 Å². The van der Waals surface area contributed by atoms with E-state index in [4.69, 9.17) is 16.1 Å². The molecule has 28 heavy (non-hydrogen) atoms. The van der Waals surface area contributed by atoms with Crippen LogP contribution in [0.25, 0.3) is 0 Å². The molecule has 0 unspecified atom stereocenters. The van der Waals surface area contributed by atoms with Gasteiger partial charge < -0.3 is 9.42 Å². The minimum absolute atomic E-state index is 0.0314. The lowest BCUT2D eigenvalue weighted by atomic mass is 9.88. The van der Waals surface area contributed by atoms with Gasteiger partial charge in [-0.3, -0.25) is 9.48 Å². The van der Waals surface area contributed by atoms with Gasteiger partial charge in [0.15, 0.2) is 5.69 Å². The lowest BCUT2D eigenvalue weighted by molar-refractivity contribution is 0.0437. The maximum absolute atomic E-state index is 13.7. The molecule has 0 N–H and O–H groups in total. The molecular weight excluding hydrogens is 376 g/mol. The van der Waals surface area contributed by atoms with Crippen LogP contribution in [0.3, 0.4) is 0 Å². The van der Waals surface area contributed by atoms with E-state index in [9.17, 15) is 4.79 Å². The molecule has 4 rings (SSSR count). The zero-order valence-corrected chi connectivity index (χ0v) is 17.3. The molecule has 0 bridgehead atoms. The van der Waals surface area contributed by atoms with E-state index in [1.807, 2.05) is 6.92 Å². The van der Waals surface area contributed by atoms with E-state index in [-0.39, 0.29) is 5.91 Å². The number of carbonyl (C=O) groups excluding carboxylic acids is 1. The normalized spacial score (nSPS) is 19.1. The van der Waals surface area contributed by atoms with Crippen LogP contribution >= 0.6 is 11.6 Å². The molecule has 0 radical (unpaired) electrons. The van der Waals surface area contributed by atoms with Crippen molar-refractivity contribution in [1.29, 1.82) is 0 Å². The number of hydrogen-bond donors (Lipinski definition) is 0. The molecule has 0 aliphatic heterocycles. The fourth-order valence-corrected chi connectivity index (χ4v) is 4.96. The molecule has 2 aliphatic rings. The zero-order valence-electron chi connectivity index (χ0n) is 16.6. The second kappa shape index (κ2) is 8.68. The van der Waals surface area contributed by atoms with Crippen LogP contribution in [0.1, 0.15) is 86.0 Å². The summed E-state index contributed by atoms with van der Waals surface area (Å²) in [6.45, 7) is 2.29. The summed E-state index contributed by atoms with van der Waals surface area (Å²) in [5, 5.41) is 9.01. The third kappa shape index (κ3) is 4.12. The van der Waals surface area contributed by atoms with Crippen LogP contribution in [0.15, 0.2) is 16.9 Å². The monoisotopic (exact) mass is 404 g/mol. The molecule has 0 spiro atoms. The van der Waals surface area contributed by atoms with Crippen molar-refractivity contribution >= 4 is 17.5 Å². The summed E-state index contributed by atoms with van der Waals surface area (Å²) in [5.41, 5.74) is 1.25. The molecule has 7 heteroatoms. The molecule has 0 atom stereocenters. The molecule has 2 aromatic rings. The molecule has 2 fully saturated rings. The highest BCUT2D eigenvalue weighted by atomic mass is 35.5. The molecule has 2 saturated carbocycles. The number of rotatable bonds is 5. The van der Waals surface area contributed by atoms with Crippen molar-refractivity contribution in [2.45, 2.75) is 89.8 Å². The number of hydrogen-bond acceptors (Lipinski definition) is 4. The van der Waals surface area contributed by atoms with Crippen LogP contribution in [-0.2, 0) is 6.54 Å². The third-order valence-electron chi connectivity index (χ3n) is 6.28. The maximum Gasteiger partial charge on any atom is 0.276 e. The summed E-state index contributed by atoms with van der Waals surface area (Å²) < 4.78 is 7.18. The Kier molecular flexibility index (Phi) is 6.04. The van der Waals surface area contributed by atoms with Gasteiger partial charge in [0.05, 0.1) is 17.8 Å². The van der Waals surface area contributed by atoms with Crippen molar-refractivity contribution in [3.8, 4) is 0 Å². The summed E-state index contributed by atoms with van der Waals surface area (Å²) in [7, 11) is 0. The Labute approximate surface area is 171 Å². The van der Waals surface area contributed by atoms with Gasteiger partial charge in [-0.2, -0.15) is 5.10 Å². The first kappa shape index (κ1) is 19.5. The van der Waals surface area contributed by atoms with E-state index in [1.54, 1.807) is 17.1 Å². The highest BCUT2D eigenvalue weighted by molar-refractivity contribution is 6.30. The smallest absolute Gasteiger partial charge is 0.276 e. The number of nitrogens with zero attached hydrogens (tertiary/aromatic N) is 4. The van der Waals surface area contributed by atoms with Gasteiger partial charge in [-0.15, -0.1) is 0 Å². The van der Waals surface area contributed by atoms with Crippen LogP contribution in [0.4, 0.5) is 0 Å². The third-order valence-corrected chi connectivity index (χ3v) is 6.47. The topological polar surface area (TPSA) is 64.2 Å². The van der Waals surface area contributed by atoms with Crippen molar-refractivity contribution in [2.75, 3.05) is 0 Å². The van der Waals surface area contributed by atoms with Crippen LogP contribution in [-0.4, -0.2) is 37.8 Å². The summed E-state index contributed by atoms with van der Waals surface area (Å²) in [4.78, 5) is 15.9. The van der Waals surface area contributed by atoms with Gasteiger partial charge in [0.1, 0.15) is 5.76 Å². The fourth-order valence-electron chi connectivity index (χ4n) is 4.80. The first-order chi connectivity index (χ1) is 13.6. The number of aromatic nitrogens is 3. The second-order valence-electron chi connectivity index (χ2n) is 8.22.